The zero-order valence-corrected chi connectivity index (χ0v) is 12.8. The summed E-state index contributed by atoms with van der Waals surface area (Å²) in [4.78, 5) is 14.8. The number of hydrogen-bond acceptors (Lipinski definition) is 3. The summed E-state index contributed by atoms with van der Waals surface area (Å²) in [7, 11) is 0. The largest absolute Gasteiger partial charge is 0.492 e. The first-order valence-electron chi connectivity index (χ1n) is 6.74. The van der Waals surface area contributed by atoms with E-state index in [1.54, 1.807) is 34.6 Å². The normalized spacial score (nSPS) is 20.9. The van der Waals surface area contributed by atoms with Gasteiger partial charge in [0, 0.05) is 25.2 Å². The first-order valence-corrected chi connectivity index (χ1v) is 6.74. The Morgan fingerprint density at radius 2 is 1.80 bits per heavy atom. The summed E-state index contributed by atoms with van der Waals surface area (Å²) in [6.07, 6.45) is -1.36. The molecule has 0 aromatic heterocycles. The van der Waals surface area contributed by atoms with Crippen LogP contribution in [0.3, 0.4) is 0 Å². The summed E-state index contributed by atoms with van der Waals surface area (Å²) in [5.41, 5.74) is -1.32. The Kier molecular flexibility index (Phi) is 4.68. The van der Waals surface area contributed by atoms with Crippen molar-refractivity contribution in [1.82, 2.24) is 9.80 Å². The minimum Gasteiger partial charge on any atom is -0.448 e. The van der Waals surface area contributed by atoms with Gasteiger partial charge in [0.25, 0.3) is 0 Å². The fourth-order valence-corrected chi connectivity index (χ4v) is 2.26. The smallest absolute Gasteiger partial charge is 0.448 e. The molecule has 118 valence electrons. The molecular formula is C12H23BF3N2O2-. The molecule has 4 nitrogen and oxygen atoms in total. The Labute approximate surface area is 118 Å². The van der Waals surface area contributed by atoms with Crippen molar-refractivity contribution in [2.24, 2.45) is 0 Å². The predicted molar refractivity (Wildman–Crippen MR) is 72.5 cm³/mol. The van der Waals surface area contributed by atoms with Crippen LogP contribution in [-0.4, -0.2) is 60.1 Å². The van der Waals surface area contributed by atoms with Crippen LogP contribution >= 0.6 is 0 Å². The van der Waals surface area contributed by atoms with Crippen LogP contribution < -0.4 is 0 Å². The molecule has 0 aromatic rings. The standard InChI is InChI=1S/C12H23BF3N2O2/c1-11(2,3)20-10(19)17-6-7-18(9-13(14,15)16)12(4,5)8-17/h6-9H2,1-5H3/q-1. The lowest BCUT2D eigenvalue weighted by atomic mass is 9.86. The summed E-state index contributed by atoms with van der Waals surface area (Å²) >= 11 is 0. The molecule has 0 spiro atoms. The molecule has 0 atom stereocenters. The van der Waals surface area contributed by atoms with Gasteiger partial charge in [-0.25, -0.2) is 4.79 Å². The minimum atomic E-state index is -4.86. The van der Waals surface area contributed by atoms with Gasteiger partial charge in [0.2, 0.25) is 0 Å². The van der Waals surface area contributed by atoms with Gasteiger partial charge in [-0.2, -0.15) is 0 Å². The van der Waals surface area contributed by atoms with E-state index in [2.05, 4.69) is 0 Å². The molecule has 0 aromatic carbocycles. The highest BCUT2D eigenvalue weighted by Gasteiger charge is 2.40. The third-order valence-electron chi connectivity index (χ3n) is 3.15. The Bertz CT molecular complexity index is 367. The molecule has 0 aliphatic carbocycles. The highest BCUT2D eigenvalue weighted by molar-refractivity contribution is 6.58. The Morgan fingerprint density at radius 1 is 1.25 bits per heavy atom. The minimum absolute atomic E-state index is 0.202. The number of ether oxygens (including phenoxy) is 1. The number of carbonyl (C=O) groups excluding carboxylic acids is 1. The van der Waals surface area contributed by atoms with Crippen molar-refractivity contribution < 1.29 is 22.5 Å². The van der Waals surface area contributed by atoms with Gasteiger partial charge in [0.15, 0.2) is 0 Å². The van der Waals surface area contributed by atoms with Crippen LogP contribution in [0.15, 0.2) is 0 Å². The molecule has 0 radical (unpaired) electrons. The third-order valence-corrected chi connectivity index (χ3v) is 3.15. The van der Waals surface area contributed by atoms with Crippen LogP contribution in [0.5, 0.6) is 0 Å². The fourth-order valence-electron chi connectivity index (χ4n) is 2.26. The van der Waals surface area contributed by atoms with Crippen molar-refractivity contribution >= 4 is 13.1 Å². The SMILES string of the molecule is CC(C)(C)OC(=O)N1CCN(C[B-](F)(F)F)C(C)(C)C1. The van der Waals surface area contributed by atoms with Gasteiger partial charge in [-0.05, 0) is 41.1 Å². The lowest BCUT2D eigenvalue weighted by Crippen LogP contribution is -2.63. The zero-order chi connectivity index (χ0) is 15.8. The van der Waals surface area contributed by atoms with Gasteiger partial charge in [-0.1, -0.05) is 0 Å². The highest BCUT2D eigenvalue weighted by Crippen LogP contribution is 2.25. The van der Waals surface area contributed by atoms with Crippen molar-refractivity contribution in [3.05, 3.63) is 0 Å². The molecule has 1 aliphatic rings. The molecule has 20 heavy (non-hydrogen) atoms. The second-order valence-electron chi connectivity index (χ2n) is 6.87. The quantitative estimate of drug-likeness (QED) is 0.734. The summed E-state index contributed by atoms with van der Waals surface area (Å²) in [6.45, 7) is 4.54. The molecule has 1 aliphatic heterocycles. The third kappa shape index (κ3) is 5.23. The van der Waals surface area contributed by atoms with Crippen molar-refractivity contribution in [2.75, 3.05) is 26.1 Å². The molecule has 0 unspecified atom stereocenters. The number of piperazine rings is 1. The average Bonchev–Trinajstić information content (AvgIpc) is 2.16. The lowest BCUT2D eigenvalue weighted by Gasteiger charge is -2.48. The van der Waals surface area contributed by atoms with Gasteiger partial charge in [-0.3, -0.25) is 0 Å². The van der Waals surface area contributed by atoms with E-state index in [1.807, 2.05) is 0 Å². The van der Waals surface area contributed by atoms with Crippen LogP contribution in [0, 0.1) is 0 Å². The maximum Gasteiger partial charge on any atom is 0.492 e. The van der Waals surface area contributed by atoms with Crippen molar-refractivity contribution in [3.63, 3.8) is 0 Å². The van der Waals surface area contributed by atoms with Gasteiger partial charge < -0.3 is 27.5 Å². The summed E-state index contributed by atoms with van der Waals surface area (Å²) in [6, 6.07) is 0. The van der Waals surface area contributed by atoms with Crippen LogP contribution in [0.1, 0.15) is 34.6 Å². The summed E-state index contributed by atoms with van der Waals surface area (Å²) < 4.78 is 43.0. The molecule has 0 bridgehead atoms. The summed E-state index contributed by atoms with van der Waals surface area (Å²) in [5.74, 6) is 0. The molecule has 1 fully saturated rings. The Hall–Kier alpha value is -0.915. The Morgan fingerprint density at radius 3 is 2.20 bits per heavy atom. The maximum atomic E-state index is 12.6. The number of carbonyl (C=O) groups is 1. The van der Waals surface area contributed by atoms with E-state index in [9.17, 15) is 17.7 Å². The van der Waals surface area contributed by atoms with Crippen molar-refractivity contribution in [2.45, 2.75) is 45.8 Å². The van der Waals surface area contributed by atoms with E-state index in [0.29, 0.717) is 0 Å². The number of amides is 1. The zero-order valence-electron chi connectivity index (χ0n) is 12.8. The van der Waals surface area contributed by atoms with Crippen LogP contribution in [-0.2, 0) is 4.74 Å². The second kappa shape index (κ2) is 5.46. The van der Waals surface area contributed by atoms with E-state index >= 15 is 0 Å². The van der Waals surface area contributed by atoms with Gasteiger partial charge in [-0.15, -0.1) is 0 Å². The number of hydrogen-bond donors (Lipinski definition) is 0. The topological polar surface area (TPSA) is 32.8 Å². The van der Waals surface area contributed by atoms with Crippen molar-refractivity contribution in [3.8, 4) is 0 Å². The van der Waals surface area contributed by atoms with E-state index in [4.69, 9.17) is 4.74 Å². The van der Waals surface area contributed by atoms with Gasteiger partial charge in [0.05, 0.1) is 0 Å². The average molecular weight is 295 g/mol. The Balaban J connectivity index is 2.67. The monoisotopic (exact) mass is 295 g/mol. The highest BCUT2D eigenvalue weighted by atomic mass is 19.4. The van der Waals surface area contributed by atoms with E-state index < -0.39 is 30.7 Å². The molecular weight excluding hydrogens is 272 g/mol. The molecule has 1 rings (SSSR count). The second-order valence-corrected chi connectivity index (χ2v) is 6.87. The van der Waals surface area contributed by atoms with E-state index in [0.717, 1.165) is 0 Å². The molecule has 0 saturated carbocycles. The number of nitrogens with zero attached hydrogens (tertiary/aromatic N) is 2. The van der Waals surface area contributed by atoms with E-state index in [-0.39, 0.29) is 19.6 Å². The first-order chi connectivity index (χ1) is 8.80. The van der Waals surface area contributed by atoms with Gasteiger partial charge >= 0.3 is 13.1 Å². The molecule has 0 N–H and O–H groups in total. The number of halogens is 3. The van der Waals surface area contributed by atoms with Crippen LogP contribution in [0.25, 0.3) is 0 Å². The van der Waals surface area contributed by atoms with Crippen molar-refractivity contribution in [1.29, 1.82) is 0 Å². The number of rotatable bonds is 2. The fraction of sp³-hybridized carbons (Fsp3) is 0.917. The van der Waals surface area contributed by atoms with Crippen LogP contribution in [0.2, 0.25) is 0 Å². The summed E-state index contributed by atoms with van der Waals surface area (Å²) in [5, 5.41) is 0. The molecule has 1 amide bonds. The van der Waals surface area contributed by atoms with E-state index in [1.165, 1.54) is 9.80 Å². The van der Waals surface area contributed by atoms with Gasteiger partial charge in [0.1, 0.15) is 5.60 Å². The maximum absolute atomic E-state index is 12.6. The van der Waals surface area contributed by atoms with Crippen LogP contribution in [0.4, 0.5) is 17.7 Å². The molecule has 1 heterocycles. The molecule has 8 heteroatoms. The first kappa shape index (κ1) is 17.1. The predicted octanol–water partition coefficient (Wildman–Crippen LogP) is 2.70. The molecule has 1 saturated heterocycles. The lowest BCUT2D eigenvalue weighted by molar-refractivity contribution is -0.0120.